The van der Waals surface area contributed by atoms with Crippen LogP contribution in [-0.2, 0) is 16.1 Å². The van der Waals surface area contributed by atoms with E-state index in [0.29, 0.717) is 6.42 Å². The Morgan fingerprint density at radius 1 is 1.44 bits per heavy atom. The third-order valence-corrected chi connectivity index (χ3v) is 2.40. The minimum Gasteiger partial charge on any atom is -0.460 e. The Bertz CT molecular complexity index is 371. The van der Waals surface area contributed by atoms with E-state index in [9.17, 15) is 4.79 Å². The quantitative estimate of drug-likeness (QED) is 0.788. The fraction of sp³-hybridized carbons (Fsp3) is 0.571. The molecule has 0 saturated carbocycles. The Morgan fingerprint density at radius 2 is 2.17 bits per heavy atom. The molecule has 0 radical (unpaired) electrons. The van der Waals surface area contributed by atoms with Crippen molar-refractivity contribution in [2.45, 2.75) is 39.3 Å². The molecule has 4 heteroatoms. The van der Waals surface area contributed by atoms with E-state index in [-0.39, 0.29) is 5.97 Å². The minimum absolute atomic E-state index is 0.131. The molecule has 100 valence electrons. The van der Waals surface area contributed by atoms with Gasteiger partial charge in [0.25, 0.3) is 0 Å². The molecule has 1 aromatic heterocycles. The highest BCUT2D eigenvalue weighted by molar-refractivity contribution is 5.69. The standard InChI is InChI=1S/C14H22N2O2/c1-14(2,3)18-13(17)7-9-16(4)11-12-6-5-8-15-10-12/h5-6,8,10H,7,9,11H2,1-4H3/p+1. The molecule has 18 heavy (non-hydrogen) atoms. The molecule has 0 saturated heterocycles. The molecule has 1 N–H and O–H groups in total. The van der Waals surface area contributed by atoms with Crippen LogP contribution in [0.3, 0.4) is 0 Å². The van der Waals surface area contributed by atoms with Crippen molar-refractivity contribution in [1.29, 1.82) is 0 Å². The summed E-state index contributed by atoms with van der Waals surface area (Å²) in [6.07, 6.45) is 4.07. The van der Waals surface area contributed by atoms with Gasteiger partial charge in [-0.3, -0.25) is 9.78 Å². The highest BCUT2D eigenvalue weighted by atomic mass is 16.6. The first-order chi connectivity index (χ1) is 8.37. The van der Waals surface area contributed by atoms with Crippen molar-refractivity contribution in [1.82, 2.24) is 4.98 Å². The number of nitrogens with one attached hydrogen (secondary N) is 1. The number of carbonyl (C=O) groups excluding carboxylic acids is 1. The highest BCUT2D eigenvalue weighted by Gasteiger charge is 2.17. The van der Waals surface area contributed by atoms with Crippen molar-refractivity contribution in [2.24, 2.45) is 0 Å². The van der Waals surface area contributed by atoms with Gasteiger partial charge >= 0.3 is 5.97 Å². The average molecular weight is 251 g/mol. The number of quaternary nitrogens is 1. The molecule has 1 aromatic rings. The first-order valence-electron chi connectivity index (χ1n) is 6.29. The summed E-state index contributed by atoms with van der Waals surface area (Å²) in [5, 5.41) is 0. The zero-order valence-electron chi connectivity index (χ0n) is 11.7. The van der Waals surface area contributed by atoms with Crippen LogP contribution in [-0.4, -0.2) is 30.1 Å². The van der Waals surface area contributed by atoms with Crippen LogP contribution in [0.1, 0.15) is 32.8 Å². The Hall–Kier alpha value is -1.42. The monoisotopic (exact) mass is 251 g/mol. The van der Waals surface area contributed by atoms with Gasteiger partial charge in [-0.05, 0) is 26.8 Å². The second-order valence-electron chi connectivity index (χ2n) is 5.58. The number of hydrogen-bond donors (Lipinski definition) is 1. The third-order valence-electron chi connectivity index (χ3n) is 2.40. The van der Waals surface area contributed by atoms with E-state index in [0.717, 1.165) is 13.1 Å². The fourth-order valence-corrected chi connectivity index (χ4v) is 1.65. The van der Waals surface area contributed by atoms with Gasteiger partial charge in [0.1, 0.15) is 12.1 Å². The molecule has 0 bridgehead atoms. The molecule has 0 aliphatic carbocycles. The molecule has 0 aliphatic heterocycles. The lowest BCUT2D eigenvalue weighted by atomic mass is 10.2. The second-order valence-corrected chi connectivity index (χ2v) is 5.58. The maximum Gasteiger partial charge on any atom is 0.312 e. The van der Waals surface area contributed by atoms with Gasteiger partial charge in [0.2, 0.25) is 0 Å². The van der Waals surface area contributed by atoms with Crippen LogP contribution in [0, 0.1) is 0 Å². The van der Waals surface area contributed by atoms with E-state index in [4.69, 9.17) is 4.74 Å². The van der Waals surface area contributed by atoms with Crippen LogP contribution < -0.4 is 4.90 Å². The van der Waals surface area contributed by atoms with Gasteiger partial charge in [-0.1, -0.05) is 6.07 Å². The van der Waals surface area contributed by atoms with E-state index in [2.05, 4.69) is 12.0 Å². The molecule has 4 nitrogen and oxygen atoms in total. The molecule has 1 atom stereocenters. The second kappa shape index (κ2) is 6.50. The van der Waals surface area contributed by atoms with Crippen molar-refractivity contribution in [3.63, 3.8) is 0 Å². The summed E-state index contributed by atoms with van der Waals surface area (Å²) in [4.78, 5) is 16.9. The van der Waals surface area contributed by atoms with Crippen LogP contribution in [0.5, 0.6) is 0 Å². The summed E-state index contributed by atoms with van der Waals surface area (Å²) in [5.41, 5.74) is 0.785. The third kappa shape index (κ3) is 6.35. The first-order valence-corrected chi connectivity index (χ1v) is 6.29. The van der Waals surface area contributed by atoms with Crippen molar-refractivity contribution < 1.29 is 14.4 Å². The van der Waals surface area contributed by atoms with Gasteiger partial charge in [-0.2, -0.15) is 0 Å². The molecular weight excluding hydrogens is 228 g/mol. The summed E-state index contributed by atoms with van der Waals surface area (Å²) < 4.78 is 5.27. The summed E-state index contributed by atoms with van der Waals surface area (Å²) in [5.74, 6) is -0.131. The smallest absolute Gasteiger partial charge is 0.312 e. The predicted octanol–water partition coefficient (Wildman–Crippen LogP) is 0.828. The topological polar surface area (TPSA) is 43.6 Å². The van der Waals surface area contributed by atoms with Crippen LogP contribution in [0.4, 0.5) is 0 Å². The number of nitrogens with zero attached hydrogens (tertiary/aromatic N) is 1. The molecule has 0 amide bonds. The fourth-order valence-electron chi connectivity index (χ4n) is 1.65. The summed E-state index contributed by atoms with van der Waals surface area (Å²) in [6.45, 7) is 7.30. The van der Waals surface area contributed by atoms with E-state index < -0.39 is 5.60 Å². The normalized spacial score (nSPS) is 13.1. The minimum atomic E-state index is -0.395. The average Bonchev–Trinajstić information content (AvgIpc) is 2.25. The molecule has 1 rings (SSSR count). The van der Waals surface area contributed by atoms with Crippen LogP contribution in [0.15, 0.2) is 24.5 Å². The molecule has 0 aromatic carbocycles. The largest absolute Gasteiger partial charge is 0.460 e. The van der Waals surface area contributed by atoms with Gasteiger partial charge in [-0.25, -0.2) is 0 Å². The Kier molecular flexibility index (Phi) is 5.28. The lowest BCUT2D eigenvalue weighted by Crippen LogP contribution is -3.07. The van der Waals surface area contributed by atoms with Crippen LogP contribution in [0.2, 0.25) is 0 Å². The predicted molar refractivity (Wildman–Crippen MR) is 70.2 cm³/mol. The van der Waals surface area contributed by atoms with E-state index in [1.54, 1.807) is 6.20 Å². The maximum absolute atomic E-state index is 11.6. The number of pyridine rings is 1. The van der Waals surface area contributed by atoms with Crippen molar-refractivity contribution >= 4 is 5.97 Å². The van der Waals surface area contributed by atoms with E-state index in [1.165, 1.54) is 10.5 Å². The van der Waals surface area contributed by atoms with Crippen LogP contribution >= 0.6 is 0 Å². The molecule has 0 spiro atoms. The van der Waals surface area contributed by atoms with Crippen molar-refractivity contribution in [3.8, 4) is 0 Å². The van der Waals surface area contributed by atoms with Gasteiger partial charge in [0, 0.05) is 18.0 Å². The Labute approximate surface area is 109 Å². The molecular formula is C14H23N2O2+. The van der Waals surface area contributed by atoms with E-state index >= 15 is 0 Å². The lowest BCUT2D eigenvalue weighted by molar-refractivity contribution is -0.893. The molecule has 1 heterocycles. The summed E-state index contributed by atoms with van der Waals surface area (Å²) in [7, 11) is 2.07. The SMILES string of the molecule is C[NH+](CCC(=O)OC(C)(C)C)Cc1cccnc1. The van der Waals surface area contributed by atoms with Crippen LogP contribution in [0.25, 0.3) is 0 Å². The number of carbonyl (C=O) groups is 1. The zero-order chi connectivity index (χ0) is 13.6. The number of esters is 1. The molecule has 0 aliphatic rings. The van der Waals surface area contributed by atoms with Gasteiger partial charge in [-0.15, -0.1) is 0 Å². The lowest BCUT2D eigenvalue weighted by Gasteiger charge is -2.20. The molecule has 1 unspecified atom stereocenters. The van der Waals surface area contributed by atoms with Gasteiger partial charge in [0.05, 0.1) is 20.0 Å². The first kappa shape index (κ1) is 14.6. The Morgan fingerprint density at radius 3 is 2.72 bits per heavy atom. The number of rotatable bonds is 5. The molecule has 0 fully saturated rings. The Balaban J connectivity index is 2.29. The van der Waals surface area contributed by atoms with Gasteiger partial charge in [0.15, 0.2) is 0 Å². The zero-order valence-corrected chi connectivity index (χ0v) is 11.7. The summed E-state index contributed by atoms with van der Waals surface area (Å²) in [6, 6.07) is 3.97. The highest BCUT2D eigenvalue weighted by Crippen LogP contribution is 2.07. The number of aromatic nitrogens is 1. The number of ether oxygens (including phenoxy) is 1. The maximum atomic E-state index is 11.6. The van der Waals surface area contributed by atoms with E-state index in [1.807, 2.05) is 39.1 Å². The van der Waals surface area contributed by atoms with Crippen molar-refractivity contribution in [3.05, 3.63) is 30.1 Å². The van der Waals surface area contributed by atoms with Crippen molar-refractivity contribution in [2.75, 3.05) is 13.6 Å². The van der Waals surface area contributed by atoms with Gasteiger partial charge < -0.3 is 9.64 Å². The summed E-state index contributed by atoms with van der Waals surface area (Å²) >= 11 is 0. The number of hydrogen-bond acceptors (Lipinski definition) is 3.